The van der Waals surface area contributed by atoms with E-state index in [1.165, 1.54) is 11.3 Å². The molecule has 4 heterocycles. The van der Waals surface area contributed by atoms with Crippen molar-refractivity contribution in [3.63, 3.8) is 0 Å². The number of hydrogen-bond donors (Lipinski definition) is 2. The zero-order valence-electron chi connectivity index (χ0n) is 18.6. The van der Waals surface area contributed by atoms with Crippen molar-refractivity contribution in [2.75, 3.05) is 5.32 Å². The topological polar surface area (TPSA) is 84.2 Å². The molecule has 0 aliphatic heterocycles. The van der Waals surface area contributed by atoms with Gasteiger partial charge in [0, 0.05) is 46.2 Å². The quantitative estimate of drug-likeness (QED) is 0.300. The summed E-state index contributed by atoms with van der Waals surface area (Å²) >= 11 is 7.63. The van der Waals surface area contributed by atoms with Crippen molar-refractivity contribution in [3.8, 4) is 22.5 Å². The van der Waals surface area contributed by atoms with Gasteiger partial charge >= 0.3 is 0 Å². The Labute approximate surface area is 210 Å². The van der Waals surface area contributed by atoms with Crippen LogP contribution in [-0.2, 0) is 6.54 Å². The highest BCUT2D eigenvalue weighted by Gasteiger charge is 2.23. The molecule has 6 rings (SSSR count). The molecule has 0 atom stereocenters. The Morgan fingerprint density at radius 1 is 1.06 bits per heavy atom. The zero-order chi connectivity index (χ0) is 23.8. The Balaban J connectivity index is 1.38. The first-order chi connectivity index (χ1) is 17.1. The minimum atomic E-state index is -0.0264. The number of thiophene rings is 1. The van der Waals surface area contributed by atoms with Crippen molar-refractivity contribution < 1.29 is 4.79 Å². The Morgan fingerprint density at radius 2 is 1.86 bits per heavy atom. The summed E-state index contributed by atoms with van der Waals surface area (Å²) in [5, 5.41) is 6.46. The summed E-state index contributed by atoms with van der Waals surface area (Å²) in [5.74, 6) is 0.650. The standard InChI is InChI=1S/C26H21ClN6OS/c27-23-8-7-20(35-23)13-29-24-25-30-14-22(33(25)15-21(32-24)16-9-11-28-12-10-16)17-1-3-18(4-2-17)26(34)31-19-5-6-19/h1-4,7-12,14-15,19H,5-6,13H2,(H,29,32)(H,31,34). The fourth-order valence-electron chi connectivity index (χ4n) is 3.89. The summed E-state index contributed by atoms with van der Waals surface area (Å²) in [7, 11) is 0. The van der Waals surface area contributed by atoms with Crippen LogP contribution in [0.1, 0.15) is 28.1 Å². The molecule has 1 aliphatic rings. The van der Waals surface area contributed by atoms with Crippen LogP contribution >= 0.6 is 22.9 Å². The van der Waals surface area contributed by atoms with Crippen molar-refractivity contribution in [2.45, 2.75) is 25.4 Å². The SMILES string of the molecule is O=C(NC1CC1)c1ccc(-c2cnc3c(NCc4ccc(Cl)s4)nc(-c4ccncc4)cn23)cc1. The van der Waals surface area contributed by atoms with E-state index in [1.54, 1.807) is 12.4 Å². The Bertz CT molecular complexity index is 1510. The Kier molecular flexibility index (Phi) is 5.67. The largest absolute Gasteiger partial charge is 0.362 e. The molecule has 1 aliphatic carbocycles. The van der Waals surface area contributed by atoms with E-state index in [-0.39, 0.29) is 5.91 Å². The van der Waals surface area contributed by atoms with Crippen molar-refractivity contribution in [1.82, 2.24) is 24.7 Å². The predicted molar refractivity (Wildman–Crippen MR) is 139 cm³/mol. The molecule has 5 aromatic rings. The van der Waals surface area contributed by atoms with E-state index in [4.69, 9.17) is 16.6 Å². The molecule has 7 nitrogen and oxygen atoms in total. The van der Waals surface area contributed by atoms with Crippen molar-refractivity contribution in [1.29, 1.82) is 0 Å². The average Bonchev–Trinajstić information content (AvgIpc) is 3.44. The summed E-state index contributed by atoms with van der Waals surface area (Å²) in [6.07, 6.45) is 9.45. The van der Waals surface area contributed by atoms with Gasteiger partial charge in [0.1, 0.15) is 0 Å². The van der Waals surface area contributed by atoms with Gasteiger partial charge in [-0.05, 0) is 49.2 Å². The lowest BCUT2D eigenvalue weighted by Crippen LogP contribution is -2.25. The number of imidazole rings is 1. The Hall–Kier alpha value is -3.75. The lowest BCUT2D eigenvalue weighted by atomic mass is 10.1. The van der Waals surface area contributed by atoms with Gasteiger partial charge in [-0.3, -0.25) is 14.2 Å². The molecular weight excluding hydrogens is 480 g/mol. The summed E-state index contributed by atoms with van der Waals surface area (Å²) in [5.41, 5.74) is 5.00. The number of aromatic nitrogens is 4. The van der Waals surface area contributed by atoms with Crippen LogP contribution in [0.5, 0.6) is 0 Å². The summed E-state index contributed by atoms with van der Waals surface area (Å²) in [6.45, 7) is 0.590. The van der Waals surface area contributed by atoms with Crippen LogP contribution in [0.2, 0.25) is 4.34 Å². The first-order valence-electron chi connectivity index (χ1n) is 11.3. The highest BCUT2D eigenvalue weighted by molar-refractivity contribution is 7.16. The number of rotatable bonds is 7. The van der Waals surface area contributed by atoms with E-state index in [0.29, 0.717) is 24.0 Å². The second kappa shape index (κ2) is 9.13. The molecule has 35 heavy (non-hydrogen) atoms. The lowest BCUT2D eigenvalue weighted by Gasteiger charge is -2.11. The van der Waals surface area contributed by atoms with Gasteiger partial charge in [-0.2, -0.15) is 0 Å². The number of nitrogens with zero attached hydrogens (tertiary/aromatic N) is 4. The molecule has 0 unspecified atom stereocenters. The van der Waals surface area contributed by atoms with Crippen LogP contribution < -0.4 is 10.6 Å². The Morgan fingerprint density at radius 3 is 2.57 bits per heavy atom. The number of carbonyl (C=O) groups excluding carboxylic acids is 1. The third-order valence-electron chi connectivity index (χ3n) is 5.88. The van der Waals surface area contributed by atoms with Gasteiger partial charge in [-0.15, -0.1) is 11.3 Å². The molecule has 0 saturated heterocycles. The maximum Gasteiger partial charge on any atom is 0.251 e. The highest BCUT2D eigenvalue weighted by atomic mass is 35.5. The zero-order valence-corrected chi connectivity index (χ0v) is 20.2. The summed E-state index contributed by atoms with van der Waals surface area (Å²) in [4.78, 5) is 27.2. The smallest absolute Gasteiger partial charge is 0.251 e. The predicted octanol–water partition coefficient (Wildman–Crippen LogP) is 5.68. The van der Waals surface area contributed by atoms with E-state index in [9.17, 15) is 4.79 Å². The molecule has 0 bridgehead atoms. The molecule has 0 spiro atoms. The molecule has 2 N–H and O–H groups in total. The normalized spacial score (nSPS) is 13.2. The van der Waals surface area contributed by atoms with Gasteiger partial charge in [0.25, 0.3) is 5.91 Å². The van der Waals surface area contributed by atoms with Crippen LogP contribution in [-0.4, -0.2) is 31.3 Å². The van der Waals surface area contributed by atoms with E-state index < -0.39 is 0 Å². The molecule has 174 valence electrons. The number of hydrogen-bond acceptors (Lipinski definition) is 6. The number of halogens is 1. The van der Waals surface area contributed by atoms with Crippen molar-refractivity contribution in [2.24, 2.45) is 0 Å². The average molecular weight is 501 g/mol. The minimum absolute atomic E-state index is 0.0264. The number of carbonyl (C=O) groups is 1. The monoisotopic (exact) mass is 500 g/mol. The maximum atomic E-state index is 12.4. The molecular formula is C26H21ClN6OS. The molecule has 1 fully saturated rings. The first kappa shape index (κ1) is 21.8. The number of amides is 1. The van der Waals surface area contributed by atoms with Crippen LogP contribution in [0.15, 0.2) is 73.3 Å². The maximum absolute atomic E-state index is 12.4. The number of benzene rings is 1. The van der Waals surface area contributed by atoms with Crippen LogP contribution in [0.4, 0.5) is 5.82 Å². The van der Waals surface area contributed by atoms with Gasteiger partial charge in [0.2, 0.25) is 0 Å². The third kappa shape index (κ3) is 4.62. The minimum Gasteiger partial charge on any atom is -0.362 e. The van der Waals surface area contributed by atoms with Crippen molar-refractivity contribution in [3.05, 3.63) is 88.1 Å². The number of pyridine rings is 1. The van der Waals surface area contributed by atoms with E-state index >= 15 is 0 Å². The van der Waals surface area contributed by atoms with E-state index in [0.717, 1.165) is 50.2 Å². The van der Waals surface area contributed by atoms with Crippen LogP contribution in [0, 0.1) is 0 Å². The molecule has 1 amide bonds. The van der Waals surface area contributed by atoms with Crippen molar-refractivity contribution >= 4 is 40.3 Å². The number of nitrogens with one attached hydrogen (secondary N) is 2. The summed E-state index contributed by atoms with van der Waals surface area (Å²) in [6, 6.07) is 15.7. The molecule has 0 radical (unpaired) electrons. The second-order valence-electron chi connectivity index (χ2n) is 8.43. The fraction of sp³-hybridized carbons (Fsp3) is 0.154. The van der Waals surface area contributed by atoms with E-state index in [2.05, 4.69) is 20.6 Å². The fourth-order valence-corrected chi connectivity index (χ4v) is 4.92. The van der Waals surface area contributed by atoms with Gasteiger partial charge < -0.3 is 10.6 Å². The molecule has 9 heteroatoms. The van der Waals surface area contributed by atoms with Gasteiger partial charge in [-0.25, -0.2) is 9.97 Å². The number of fused-ring (bicyclic) bond motifs is 1. The summed E-state index contributed by atoms with van der Waals surface area (Å²) < 4.78 is 2.79. The molecule has 1 saturated carbocycles. The van der Waals surface area contributed by atoms with Gasteiger partial charge in [0.15, 0.2) is 11.5 Å². The van der Waals surface area contributed by atoms with E-state index in [1.807, 2.05) is 65.3 Å². The van der Waals surface area contributed by atoms with Gasteiger partial charge in [-0.1, -0.05) is 23.7 Å². The number of anilines is 1. The third-order valence-corrected chi connectivity index (χ3v) is 7.11. The molecule has 4 aromatic heterocycles. The highest BCUT2D eigenvalue weighted by Crippen LogP contribution is 2.29. The van der Waals surface area contributed by atoms with Gasteiger partial charge in [0.05, 0.1) is 28.5 Å². The second-order valence-corrected chi connectivity index (χ2v) is 10.2. The first-order valence-corrected chi connectivity index (χ1v) is 12.5. The molecule has 1 aromatic carbocycles. The van der Waals surface area contributed by atoms with Crippen LogP contribution in [0.3, 0.4) is 0 Å². The lowest BCUT2D eigenvalue weighted by molar-refractivity contribution is 0.0951. The van der Waals surface area contributed by atoms with Crippen LogP contribution in [0.25, 0.3) is 28.2 Å².